The van der Waals surface area contributed by atoms with Gasteiger partial charge in [0.15, 0.2) is 0 Å². The van der Waals surface area contributed by atoms with Crippen LogP contribution in [0.15, 0.2) is 12.1 Å². The van der Waals surface area contributed by atoms with E-state index in [0.29, 0.717) is 16.5 Å². The average molecular weight is 271 g/mol. The van der Waals surface area contributed by atoms with Crippen molar-refractivity contribution in [3.63, 3.8) is 0 Å². The molecule has 0 unspecified atom stereocenters. The summed E-state index contributed by atoms with van der Waals surface area (Å²) in [5.74, 6) is 0.504. The summed E-state index contributed by atoms with van der Waals surface area (Å²) in [6.07, 6.45) is 0.865. The molecule has 0 fully saturated rings. The van der Waals surface area contributed by atoms with E-state index < -0.39 is 4.92 Å². The van der Waals surface area contributed by atoms with Crippen LogP contribution in [-0.2, 0) is 6.42 Å². The van der Waals surface area contributed by atoms with Gasteiger partial charge >= 0.3 is 0 Å². The average Bonchev–Trinajstić information content (AvgIpc) is 2.59. The van der Waals surface area contributed by atoms with Crippen LogP contribution in [0, 0.1) is 16.0 Å². The minimum atomic E-state index is -0.437. The van der Waals surface area contributed by atoms with Crippen molar-refractivity contribution in [3.05, 3.63) is 32.3 Å². The predicted octanol–water partition coefficient (Wildman–Crippen LogP) is 4.06. The highest BCUT2D eigenvalue weighted by Crippen LogP contribution is 2.33. The Morgan fingerprint density at radius 3 is 2.82 bits per heavy atom. The number of aromatic nitrogens is 1. The second-order valence-electron chi connectivity index (χ2n) is 4.24. The molecule has 1 heterocycles. The largest absolute Gasteiger partial charge is 0.272 e. The molecule has 0 saturated heterocycles. The van der Waals surface area contributed by atoms with Crippen molar-refractivity contribution in [1.82, 2.24) is 4.98 Å². The molecule has 1 aromatic carbocycles. The fourth-order valence-corrected chi connectivity index (χ4v) is 3.11. The minimum Gasteiger partial charge on any atom is -0.258 e. The fourth-order valence-electron chi connectivity index (χ4n) is 1.56. The van der Waals surface area contributed by atoms with E-state index in [1.54, 1.807) is 0 Å². The van der Waals surface area contributed by atoms with Crippen LogP contribution in [0.4, 0.5) is 5.69 Å². The van der Waals surface area contributed by atoms with Gasteiger partial charge in [-0.3, -0.25) is 10.1 Å². The number of hydrogen-bond acceptors (Lipinski definition) is 4. The van der Waals surface area contributed by atoms with Gasteiger partial charge in [-0.1, -0.05) is 25.4 Å². The van der Waals surface area contributed by atoms with Crippen molar-refractivity contribution in [2.24, 2.45) is 5.92 Å². The van der Waals surface area contributed by atoms with Gasteiger partial charge in [-0.2, -0.15) is 0 Å². The van der Waals surface area contributed by atoms with Crippen molar-refractivity contribution in [3.8, 4) is 0 Å². The molecule has 0 aliphatic carbocycles. The molecule has 0 spiro atoms. The molecule has 0 saturated carbocycles. The number of halogens is 1. The molecule has 0 aliphatic heterocycles. The first-order valence-electron chi connectivity index (χ1n) is 5.20. The number of thiazole rings is 1. The van der Waals surface area contributed by atoms with Crippen LogP contribution >= 0.6 is 22.9 Å². The van der Waals surface area contributed by atoms with Crippen LogP contribution in [0.3, 0.4) is 0 Å². The second-order valence-corrected chi connectivity index (χ2v) is 5.76. The summed E-state index contributed by atoms with van der Waals surface area (Å²) in [4.78, 5) is 14.7. The number of nitro benzene ring substituents is 1. The third-order valence-corrected chi connectivity index (χ3v) is 3.58. The highest BCUT2D eigenvalue weighted by molar-refractivity contribution is 7.18. The number of benzene rings is 1. The summed E-state index contributed by atoms with van der Waals surface area (Å²) in [5, 5.41) is 12.0. The normalized spacial score (nSPS) is 11.3. The molecule has 0 bridgehead atoms. The van der Waals surface area contributed by atoms with Gasteiger partial charge in [0.25, 0.3) is 5.69 Å². The smallest absolute Gasteiger partial charge is 0.258 e. The lowest BCUT2D eigenvalue weighted by Gasteiger charge is -1.97. The molecule has 2 aromatic rings. The number of hydrogen-bond donors (Lipinski definition) is 0. The second kappa shape index (κ2) is 4.58. The quantitative estimate of drug-likeness (QED) is 0.624. The van der Waals surface area contributed by atoms with E-state index in [-0.39, 0.29) is 5.69 Å². The molecule has 0 atom stereocenters. The molecule has 17 heavy (non-hydrogen) atoms. The Kier molecular flexibility index (Phi) is 3.31. The molecular formula is C11H11ClN2O2S. The number of nitrogens with zero attached hydrogens (tertiary/aromatic N) is 2. The van der Waals surface area contributed by atoms with Crippen LogP contribution in [0.5, 0.6) is 0 Å². The third kappa shape index (κ3) is 2.56. The summed E-state index contributed by atoms with van der Waals surface area (Å²) < 4.78 is 0.778. The van der Waals surface area contributed by atoms with E-state index in [2.05, 4.69) is 18.8 Å². The van der Waals surface area contributed by atoms with Crippen LogP contribution in [-0.4, -0.2) is 9.91 Å². The van der Waals surface area contributed by atoms with Gasteiger partial charge in [-0.25, -0.2) is 4.98 Å². The first-order chi connectivity index (χ1) is 7.97. The molecular weight excluding hydrogens is 260 g/mol. The lowest BCUT2D eigenvalue weighted by molar-refractivity contribution is -0.384. The molecule has 0 radical (unpaired) electrons. The lowest BCUT2D eigenvalue weighted by Crippen LogP contribution is -1.92. The first kappa shape index (κ1) is 12.3. The van der Waals surface area contributed by atoms with Crippen molar-refractivity contribution in [2.45, 2.75) is 20.3 Å². The van der Waals surface area contributed by atoms with Crippen molar-refractivity contribution >= 4 is 38.8 Å². The van der Waals surface area contributed by atoms with Gasteiger partial charge in [-0.05, 0) is 5.92 Å². The highest BCUT2D eigenvalue weighted by Gasteiger charge is 2.14. The molecule has 1 aromatic heterocycles. The van der Waals surface area contributed by atoms with E-state index in [4.69, 9.17) is 11.6 Å². The summed E-state index contributed by atoms with van der Waals surface area (Å²) in [6, 6.07) is 2.88. The fraction of sp³-hybridized carbons (Fsp3) is 0.364. The van der Waals surface area contributed by atoms with Crippen LogP contribution in [0.2, 0.25) is 5.02 Å². The van der Waals surface area contributed by atoms with Gasteiger partial charge < -0.3 is 0 Å². The predicted molar refractivity (Wildman–Crippen MR) is 69.8 cm³/mol. The molecule has 2 rings (SSSR count). The van der Waals surface area contributed by atoms with Crippen LogP contribution < -0.4 is 0 Å². The highest BCUT2D eigenvalue weighted by atomic mass is 35.5. The summed E-state index contributed by atoms with van der Waals surface area (Å²) >= 11 is 7.47. The maximum atomic E-state index is 10.7. The first-order valence-corrected chi connectivity index (χ1v) is 6.40. The molecule has 0 N–H and O–H groups in total. The Balaban J connectivity index is 2.52. The van der Waals surface area contributed by atoms with Gasteiger partial charge in [0.2, 0.25) is 0 Å². The number of rotatable bonds is 3. The van der Waals surface area contributed by atoms with E-state index in [9.17, 15) is 10.1 Å². The van der Waals surface area contributed by atoms with Gasteiger partial charge in [0, 0.05) is 18.6 Å². The number of non-ortho nitro benzene ring substituents is 1. The Morgan fingerprint density at radius 1 is 1.53 bits per heavy atom. The van der Waals surface area contributed by atoms with Crippen molar-refractivity contribution in [2.75, 3.05) is 0 Å². The number of nitro groups is 1. The lowest BCUT2D eigenvalue weighted by atomic mass is 10.1. The Labute approximate surface area is 107 Å². The van der Waals surface area contributed by atoms with Gasteiger partial charge in [-0.15, -0.1) is 11.3 Å². The summed E-state index contributed by atoms with van der Waals surface area (Å²) in [6.45, 7) is 4.21. The molecule has 90 valence electrons. The summed E-state index contributed by atoms with van der Waals surface area (Å²) in [7, 11) is 0. The summed E-state index contributed by atoms with van der Waals surface area (Å²) in [5.41, 5.74) is 0.681. The maximum Gasteiger partial charge on any atom is 0.272 e. The molecule has 0 amide bonds. The van der Waals surface area contributed by atoms with E-state index in [1.165, 1.54) is 23.5 Å². The van der Waals surface area contributed by atoms with Crippen molar-refractivity contribution in [1.29, 1.82) is 0 Å². The Hall–Kier alpha value is -1.20. The molecule has 6 heteroatoms. The Morgan fingerprint density at radius 2 is 2.24 bits per heavy atom. The van der Waals surface area contributed by atoms with Gasteiger partial charge in [0.05, 0.1) is 19.7 Å². The van der Waals surface area contributed by atoms with Crippen molar-refractivity contribution < 1.29 is 4.92 Å². The zero-order chi connectivity index (χ0) is 12.6. The monoisotopic (exact) mass is 270 g/mol. The topological polar surface area (TPSA) is 56.0 Å². The van der Waals surface area contributed by atoms with Crippen LogP contribution in [0.25, 0.3) is 10.2 Å². The Bertz CT molecular complexity index is 580. The van der Waals surface area contributed by atoms with E-state index in [0.717, 1.165) is 16.1 Å². The van der Waals surface area contributed by atoms with Crippen LogP contribution in [0.1, 0.15) is 18.9 Å². The molecule has 0 aliphatic rings. The zero-order valence-corrected chi connectivity index (χ0v) is 11.0. The van der Waals surface area contributed by atoms with E-state index in [1.807, 2.05) is 0 Å². The molecule has 4 nitrogen and oxygen atoms in total. The SMILES string of the molecule is CC(C)Cc1nc2c(Cl)cc([N+](=O)[O-])cc2s1. The maximum absolute atomic E-state index is 10.7. The third-order valence-electron chi connectivity index (χ3n) is 2.27. The number of fused-ring (bicyclic) bond motifs is 1. The standard InChI is InChI=1S/C11H11ClN2O2S/c1-6(2)3-10-13-11-8(12)4-7(14(15)16)5-9(11)17-10/h4-6H,3H2,1-2H3. The zero-order valence-electron chi connectivity index (χ0n) is 9.44. The minimum absolute atomic E-state index is 0.0160. The van der Waals surface area contributed by atoms with Gasteiger partial charge in [0.1, 0.15) is 5.52 Å². The van der Waals surface area contributed by atoms with E-state index >= 15 is 0 Å².